The van der Waals surface area contributed by atoms with Gasteiger partial charge >= 0.3 is 6.18 Å². The second kappa shape index (κ2) is 7.95. The van der Waals surface area contributed by atoms with Crippen LogP contribution in [0, 0.1) is 17.6 Å². The summed E-state index contributed by atoms with van der Waals surface area (Å²) in [4.78, 5) is 7.52. The van der Waals surface area contributed by atoms with E-state index in [1.165, 1.54) is 6.07 Å². The smallest absolute Gasteiger partial charge is 0.352 e. The van der Waals surface area contributed by atoms with E-state index in [0.717, 1.165) is 29.5 Å². The van der Waals surface area contributed by atoms with Gasteiger partial charge in [0, 0.05) is 45.2 Å². The van der Waals surface area contributed by atoms with Gasteiger partial charge in [-0.05, 0) is 36.5 Å². The van der Waals surface area contributed by atoms with E-state index in [-0.39, 0.29) is 11.5 Å². The molecule has 0 aromatic carbocycles. The molecule has 170 valence electrons. The van der Waals surface area contributed by atoms with Crippen molar-refractivity contribution in [1.29, 1.82) is 0 Å². The largest absolute Gasteiger partial charge is 0.431 e. The van der Waals surface area contributed by atoms with Crippen LogP contribution in [0.4, 0.5) is 27.8 Å². The lowest BCUT2D eigenvalue weighted by Crippen LogP contribution is -2.46. The summed E-state index contributed by atoms with van der Waals surface area (Å²) in [5.41, 5.74) is -0.0710. The first kappa shape index (κ1) is 21.0. The number of piperazine rings is 1. The highest BCUT2D eigenvalue weighted by molar-refractivity contribution is 5.45. The van der Waals surface area contributed by atoms with Gasteiger partial charge in [-0.25, -0.2) is 13.8 Å². The summed E-state index contributed by atoms with van der Waals surface area (Å²) in [6.45, 7) is 2.17. The van der Waals surface area contributed by atoms with E-state index < -0.39 is 23.5 Å². The average Bonchev–Trinajstić information content (AvgIpc) is 3.46. The molecule has 0 bridgehead atoms. The van der Waals surface area contributed by atoms with Crippen LogP contribution in [0.2, 0.25) is 0 Å². The van der Waals surface area contributed by atoms with E-state index in [2.05, 4.69) is 15.2 Å². The number of aromatic nitrogens is 4. The topological polar surface area (TPSA) is 49.6 Å². The first-order valence-corrected chi connectivity index (χ1v) is 10.5. The van der Waals surface area contributed by atoms with E-state index in [0.29, 0.717) is 56.5 Å². The summed E-state index contributed by atoms with van der Waals surface area (Å²) in [5.74, 6) is -0.649. The highest BCUT2D eigenvalue weighted by atomic mass is 19.4. The van der Waals surface area contributed by atoms with Crippen molar-refractivity contribution in [3.05, 3.63) is 53.1 Å². The van der Waals surface area contributed by atoms with Crippen molar-refractivity contribution in [3.63, 3.8) is 0 Å². The molecule has 2 fully saturated rings. The van der Waals surface area contributed by atoms with Crippen LogP contribution < -0.4 is 4.90 Å². The summed E-state index contributed by atoms with van der Waals surface area (Å²) in [5, 5.41) is 8.02. The zero-order valence-corrected chi connectivity index (χ0v) is 17.1. The van der Waals surface area contributed by atoms with Crippen LogP contribution in [0.1, 0.15) is 29.9 Å². The summed E-state index contributed by atoms with van der Waals surface area (Å²) >= 11 is 0. The van der Waals surface area contributed by atoms with Gasteiger partial charge < -0.3 is 4.90 Å². The molecule has 1 saturated heterocycles. The third-order valence-corrected chi connectivity index (χ3v) is 5.96. The predicted octanol–water partition coefficient (Wildman–Crippen LogP) is 3.70. The van der Waals surface area contributed by atoms with Gasteiger partial charge in [0.1, 0.15) is 17.3 Å². The molecule has 0 radical (unpaired) electrons. The number of nitrogens with zero attached hydrogens (tertiary/aromatic N) is 6. The summed E-state index contributed by atoms with van der Waals surface area (Å²) in [6.07, 6.45) is -1.04. The fraction of sp³-hybridized carbons (Fsp3) is 0.476. The van der Waals surface area contributed by atoms with Crippen molar-refractivity contribution < 1.29 is 22.0 Å². The van der Waals surface area contributed by atoms with E-state index in [1.807, 2.05) is 4.90 Å². The number of anilines is 1. The minimum atomic E-state index is -4.53. The number of hydrogen-bond donors (Lipinski definition) is 0. The molecular formula is C21H21F5N6. The number of halogens is 5. The highest BCUT2D eigenvalue weighted by Crippen LogP contribution is 2.35. The number of fused-ring (bicyclic) bond motifs is 1. The lowest BCUT2D eigenvalue weighted by atomic mass is 10.1. The van der Waals surface area contributed by atoms with Crippen molar-refractivity contribution in [2.24, 2.45) is 5.92 Å². The van der Waals surface area contributed by atoms with Gasteiger partial charge in [-0.15, -0.1) is 10.2 Å². The Kier molecular flexibility index (Phi) is 5.23. The fourth-order valence-corrected chi connectivity index (χ4v) is 4.16. The fourth-order valence-electron chi connectivity index (χ4n) is 4.16. The Morgan fingerprint density at radius 2 is 1.72 bits per heavy atom. The van der Waals surface area contributed by atoms with Gasteiger partial charge in [0.15, 0.2) is 17.3 Å². The summed E-state index contributed by atoms with van der Waals surface area (Å²) in [6, 6.07) is 3.60. The maximum absolute atomic E-state index is 14.0. The summed E-state index contributed by atoms with van der Waals surface area (Å²) < 4.78 is 69.7. The third kappa shape index (κ3) is 4.25. The molecule has 1 saturated carbocycles. The van der Waals surface area contributed by atoms with Gasteiger partial charge in [0.2, 0.25) is 0 Å². The second-order valence-electron chi connectivity index (χ2n) is 8.43. The van der Waals surface area contributed by atoms with E-state index >= 15 is 0 Å². The molecule has 1 aliphatic heterocycles. The van der Waals surface area contributed by atoms with Crippen LogP contribution in [0.3, 0.4) is 0 Å². The molecule has 32 heavy (non-hydrogen) atoms. The molecule has 3 aromatic heterocycles. The molecule has 0 unspecified atom stereocenters. The normalized spacial score (nSPS) is 18.0. The first-order valence-electron chi connectivity index (χ1n) is 10.5. The van der Waals surface area contributed by atoms with Crippen LogP contribution in [0.15, 0.2) is 24.4 Å². The van der Waals surface area contributed by atoms with Crippen LogP contribution in [-0.2, 0) is 19.1 Å². The standard InChI is InChI=1S/C21H21F5N6/c22-15-10-16(23)20(27-11-15)31-5-3-30(4-6-31)12-14-7-17(21(24,25)26)32-18(8-13-1-2-13)28-29-19(32)9-14/h7,9-11,13H,1-6,8,12H2. The van der Waals surface area contributed by atoms with Crippen LogP contribution in [-0.4, -0.2) is 50.7 Å². The van der Waals surface area contributed by atoms with Crippen molar-refractivity contribution in [2.75, 3.05) is 31.1 Å². The van der Waals surface area contributed by atoms with Crippen molar-refractivity contribution in [1.82, 2.24) is 24.5 Å². The van der Waals surface area contributed by atoms with Crippen molar-refractivity contribution >= 4 is 11.5 Å². The van der Waals surface area contributed by atoms with Gasteiger partial charge in [-0.2, -0.15) is 13.2 Å². The lowest BCUT2D eigenvalue weighted by Gasteiger charge is -2.35. The molecule has 0 amide bonds. The monoisotopic (exact) mass is 452 g/mol. The van der Waals surface area contributed by atoms with E-state index in [9.17, 15) is 22.0 Å². The lowest BCUT2D eigenvalue weighted by molar-refractivity contribution is -0.142. The molecule has 6 nitrogen and oxygen atoms in total. The Hall–Kier alpha value is -2.82. The molecular weight excluding hydrogens is 431 g/mol. The van der Waals surface area contributed by atoms with Crippen LogP contribution in [0.25, 0.3) is 5.65 Å². The zero-order valence-electron chi connectivity index (χ0n) is 17.1. The molecule has 0 spiro atoms. The average molecular weight is 452 g/mol. The minimum Gasteiger partial charge on any atom is -0.352 e. The molecule has 5 rings (SSSR count). The first-order chi connectivity index (χ1) is 15.3. The quantitative estimate of drug-likeness (QED) is 0.553. The molecule has 0 N–H and O–H groups in total. The van der Waals surface area contributed by atoms with Crippen LogP contribution >= 0.6 is 0 Å². The van der Waals surface area contributed by atoms with Gasteiger partial charge in [0.05, 0.1) is 6.20 Å². The number of alkyl halides is 3. The maximum atomic E-state index is 14.0. The van der Waals surface area contributed by atoms with Gasteiger partial charge in [-0.3, -0.25) is 9.30 Å². The number of hydrogen-bond acceptors (Lipinski definition) is 5. The molecule has 0 atom stereocenters. The van der Waals surface area contributed by atoms with E-state index in [1.54, 1.807) is 11.0 Å². The van der Waals surface area contributed by atoms with Gasteiger partial charge in [-0.1, -0.05) is 0 Å². The number of rotatable bonds is 5. The minimum absolute atomic E-state index is 0.0819. The number of pyridine rings is 2. The van der Waals surface area contributed by atoms with Crippen molar-refractivity contribution in [2.45, 2.75) is 32.0 Å². The Morgan fingerprint density at radius 1 is 0.969 bits per heavy atom. The Labute approximate surface area is 180 Å². The highest BCUT2D eigenvalue weighted by Gasteiger charge is 2.36. The van der Waals surface area contributed by atoms with Crippen LogP contribution in [0.5, 0.6) is 0 Å². The second-order valence-corrected chi connectivity index (χ2v) is 8.43. The predicted molar refractivity (Wildman–Crippen MR) is 106 cm³/mol. The summed E-state index contributed by atoms with van der Waals surface area (Å²) in [7, 11) is 0. The third-order valence-electron chi connectivity index (χ3n) is 5.96. The molecule has 3 aromatic rings. The Balaban J connectivity index is 1.33. The molecule has 11 heteroatoms. The molecule has 2 aliphatic rings. The Morgan fingerprint density at radius 3 is 2.38 bits per heavy atom. The maximum Gasteiger partial charge on any atom is 0.431 e. The van der Waals surface area contributed by atoms with Gasteiger partial charge in [0.25, 0.3) is 0 Å². The Bertz CT molecular complexity index is 1130. The van der Waals surface area contributed by atoms with E-state index in [4.69, 9.17) is 0 Å². The van der Waals surface area contributed by atoms with Crippen molar-refractivity contribution in [3.8, 4) is 0 Å². The SMILES string of the molecule is Fc1cnc(N2CCN(Cc3cc(C(F)(F)F)n4c(CC5CC5)nnc4c3)CC2)c(F)c1. The molecule has 1 aliphatic carbocycles. The molecule has 4 heterocycles. The zero-order chi connectivity index (χ0) is 22.5.